The summed E-state index contributed by atoms with van der Waals surface area (Å²) >= 11 is 24.8. The number of halogens is 5. The molecular formula is C23H16Cl4FN3O3. The number of aromatic nitrogens is 1. The highest BCUT2D eigenvalue weighted by molar-refractivity contribution is 6.53. The highest BCUT2D eigenvalue weighted by Crippen LogP contribution is 2.65. The van der Waals surface area contributed by atoms with Crippen molar-refractivity contribution in [1.29, 1.82) is 0 Å². The molecule has 2 atom stereocenters. The fourth-order valence-electron chi connectivity index (χ4n) is 3.57. The van der Waals surface area contributed by atoms with E-state index in [0.717, 1.165) is 0 Å². The Labute approximate surface area is 214 Å². The van der Waals surface area contributed by atoms with Crippen LogP contribution in [0.3, 0.4) is 0 Å². The molecule has 1 aromatic heterocycles. The van der Waals surface area contributed by atoms with E-state index < -0.39 is 33.8 Å². The summed E-state index contributed by atoms with van der Waals surface area (Å²) in [5.41, 5.74) is 1.45. The normalized spacial score (nSPS) is 18.2. The summed E-state index contributed by atoms with van der Waals surface area (Å²) < 4.78 is 17.2. The molecule has 0 bridgehead atoms. The third-order valence-electron chi connectivity index (χ3n) is 5.32. The molecule has 1 aliphatic carbocycles. The van der Waals surface area contributed by atoms with E-state index in [1.165, 1.54) is 43.6 Å². The maximum atomic E-state index is 13.5. The molecule has 0 radical (unpaired) electrons. The van der Waals surface area contributed by atoms with E-state index in [1.807, 2.05) is 0 Å². The summed E-state index contributed by atoms with van der Waals surface area (Å²) in [6.45, 7) is 0. The molecule has 1 heterocycles. The van der Waals surface area contributed by atoms with Gasteiger partial charge in [0.15, 0.2) is 0 Å². The highest BCUT2D eigenvalue weighted by atomic mass is 35.5. The number of nitrogens with zero attached hydrogens (tertiary/aromatic N) is 1. The number of carbonyl (C=O) groups excluding carboxylic acids is 2. The van der Waals surface area contributed by atoms with E-state index in [9.17, 15) is 14.0 Å². The second kappa shape index (κ2) is 9.58. The zero-order chi connectivity index (χ0) is 24.6. The van der Waals surface area contributed by atoms with Gasteiger partial charge in [-0.05, 0) is 42.0 Å². The maximum absolute atomic E-state index is 13.5. The quantitative estimate of drug-likeness (QED) is 0.357. The summed E-state index contributed by atoms with van der Waals surface area (Å²) in [4.78, 5) is 29.7. The van der Waals surface area contributed by atoms with Crippen LogP contribution in [0, 0.1) is 11.7 Å². The molecule has 2 aromatic carbocycles. The number of rotatable bonds is 6. The number of carbonyl (C=O) groups is 2. The van der Waals surface area contributed by atoms with Crippen molar-refractivity contribution in [2.24, 2.45) is 5.92 Å². The first-order valence-corrected chi connectivity index (χ1v) is 11.4. The molecule has 4 rings (SSSR count). The Kier molecular flexibility index (Phi) is 6.92. The summed E-state index contributed by atoms with van der Waals surface area (Å²) in [5, 5.41) is 5.50. The van der Waals surface area contributed by atoms with Gasteiger partial charge in [-0.1, -0.05) is 29.3 Å². The lowest BCUT2D eigenvalue weighted by atomic mass is 10.1. The van der Waals surface area contributed by atoms with Crippen LogP contribution in [0.15, 0.2) is 54.7 Å². The van der Waals surface area contributed by atoms with E-state index in [1.54, 1.807) is 18.2 Å². The first kappa shape index (κ1) is 24.5. The van der Waals surface area contributed by atoms with E-state index in [4.69, 9.17) is 51.1 Å². The molecule has 3 aromatic rings. The van der Waals surface area contributed by atoms with E-state index >= 15 is 0 Å². The van der Waals surface area contributed by atoms with Crippen molar-refractivity contribution >= 4 is 69.6 Å². The van der Waals surface area contributed by atoms with E-state index in [0.29, 0.717) is 22.8 Å². The molecule has 0 spiro atoms. The summed E-state index contributed by atoms with van der Waals surface area (Å²) in [6.07, 6.45) is 1.48. The fourth-order valence-corrected chi connectivity index (χ4v) is 4.79. The van der Waals surface area contributed by atoms with Crippen LogP contribution >= 0.6 is 46.4 Å². The molecule has 0 unspecified atom stereocenters. The van der Waals surface area contributed by atoms with Crippen LogP contribution < -0.4 is 15.4 Å². The Morgan fingerprint density at radius 3 is 2.44 bits per heavy atom. The van der Waals surface area contributed by atoms with Gasteiger partial charge in [-0.15, -0.1) is 23.2 Å². The summed E-state index contributed by atoms with van der Waals surface area (Å²) in [6, 6.07) is 11.7. The Hall–Kier alpha value is -2.58. The Bertz CT molecular complexity index is 1290. The number of alkyl halides is 2. The lowest BCUT2D eigenvalue weighted by molar-refractivity contribution is -0.117. The van der Waals surface area contributed by atoms with Gasteiger partial charge in [0.1, 0.15) is 10.2 Å². The average molecular weight is 543 g/mol. The van der Waals surface area contributed by atoms with Crippen LogP contribution in [-0.4, -0.2) is 28.2 Å². The molecule has 2 N–H and O–H groups in total. The number of hydrogen-bond donors (Lipinski definition) is 2. The van der Waals surface area contributed by atoms with Crippen LogP contribution in [-0.2, 0) is 4.79 Å². The standard InChI is InChI=1S/C23H16Cl4FN3O3/c1-34-18-10-13(6-7-29-18)30-21(32)14-9-12(3-4-15(14)24)31-22(33)20-19(23(20,26)27)11-2-5-17(28)16(25)8-11/h2-10,19-20H,1H3,(H,31,33)(H,29,30,32)/t19-,20+/m1/s1. The fraction of sp³-hybridized carbons (Fsp3) is 0.174. The minimum Gasteiger partial charge on any atom is -0.481 e. The van der Waals surface area contributed by atoms with Gasteiger partial charge in [-0.3, -0.25) is 9.59 Å². The van der Waals surface area contributed by atoms with Crippen molar-refractivity contribution in [2.75, 3.05) is 17.7 Å². The smallest absolute Gasteiger partial charge is 0.257 e. The SMILES string of the molecule is COc1cc(NC(=O)c2cc(NC(=O)[C@@H]3[C@@H](c4ccc(F)c(Cl)c4)C3(Cl)Cl)ccc2Cl)ccn1. The molecule has 6 nitrogen and oxygen atoms in total. The van der Waals surface area contributed by atoms with Gasteiger partial charge in [-0.2, -0.15) is 0 Å². The highest BCUT2D eigenvalue weighted by Gasteiger charge is 2.67. The maximum Gasteiger partial charge on any atom is 0.257 e. The van der Waals surface area contributed by atoms with Crippen LogP contribution in [0.2, 0.25) is 10.0 Å². The van der Waals surface area contributed by atoms with Crippen molar-refractivity contribution in [3.05, 3.63) is 81.7 Å². The van der Waals surface area contributed by atoms with Crippen molar-refractivity contribution in [3.8, 4) is 5.88 Å². The van der Waals surface area contributed by atoms with Crippen LogP contribution in [0.5, 0.6) is 5.88 Å². The molecule has 1 fully saturated rings. The van der Waals surface area contributed by atoms with Gasteiger partial charge in [0, 0.05) is 29.6 Å². The number of benzene rings is 2. The predicted molar refractivity (Wildman–Crippen MR) is 131 cm³/mol. The zero-order valence-corrected chi connectivity index (χ0v) is 20.4. The van der Waals surface area contributed by atoms with Crippen LogP contribution in [0.25, 0.3) is 0 Å². The molecule has 0 saturated heterocycles. The molecule has 2 amide bonds. The molecule has 34 heavy (non-hydrogen) atoms. The Morgan fingerprint density at radius 2 is 1.74 bits per heavy atom. The first-order valence-electron chi connectivity index (χ1n) is 9.86. The number of methoxy groups -OCH3 is 1. The number of ether oxygens (including phenoxy) is 1. The number of amides is 2. The van der Waals surface area contributed by atoms with E-state index in [2.05, 4.69) is 15.6 Å². The topological polar surface area (TPSA) is 80.3 Å². The lowest BCUT2D eigenvalue weighted by Gasteiger charge is -2.11. The minimum absolute atomic E-state index is 0.0899. The summed E-state index contributed by atoms with van der Waals surface area (Å²) in [7, 11) is 1.46. The molecule has 1 saturated carbocycles. The van der Waals surface area contributed by atoms with Gasteiger partial charge in [-0.25, -0.2) is 9.37 Å². The van der Waals surface area contributed by atoms with Crippen molar-refractivity contribution in [1.82, 2.24) is 4.98 Å². The van der Waals surface area contributed by atoms with E-state index in [-0.39, 0.29) is 15.6 Å². The van der Waals surface area contributed by atoms with Crippen LogP contribution in [0.4, 0.5) is 15.8 Å². The van der Waals surface area contributed by atoms with Crippen molar-refractivity contribution in [3.63, 3.8) is 0 Å². The molecule has 1 aliphatic rings. The third kappa shape index (κ3) is 4.93. The van der Waals surface area contributed by atoms with Gasteiger partial charge >= 0.3 is 0 Å². The zero-order valence-electron chi connectivity index (χ0n) is 17.4. The first-order chi connectivity index (χ1) is 16.1. The second-order valence-corrected chi connectivity index (χ2v) is 9.79. The molecular weight excluding hydrogens is 527 g/mol. The number of pyridine rings is 1. The van der Waals surface area contributed by atoms with Gasteiger partial charge < -0.3 is 15.4 Å². The van der Waals surface area contributed by atoms with Crippen LogP contribution in [0.1, 0.15) is 21.8 Å². The molecule has 11 heteroatoms. The lowest BCUT2D eigenvalue weighted by Crippen LogP contribution is -2.18. The second-order valence-electron chi connectivity index (χ2n) is 7.53. The van der Waals surface area contributed by atoms with Crippen molar-refractivity contribution < 1.29 is 18.7 Å². The minimum atomic E-state index is -1.39. The largest absolute Gasteiger partial charge is 0.481 e. The van der Waals surface area contributed by atoms with Gasteiger partial charge in [0.25, 0.3) is 5.91 Å². The van der Waals surface area contributed by atoms with Crippen molar-refractivity contribution in [2.45, 2.75) is 10.3 Å². The monoisotopic (exact) mass is 541 g/mol. The number of anilines is 2. The number of nitrogens with one attached hydrogen (secondary N) is 2. The summed E-state index contributed by atoms with van der Waals surface area (Å²) in [5.74, 6) is -2.61. The predicted octanol–water partition coefficient (Wildman–Crippen LogP) is 6.31. The number of hydrogen-bond acceptors (Lipinski definition) is 4. The van der Waals surface area contributed by atoms with Gasteiger partial charge in [0.05, 0.1) is 28.6 Å². The third-order valence-corrected chi connectivity index (χ3v) is 6.88. The molecule has 176 valence electrons. The average Bonchev–Trinajstić information content (AvgIpc) is 3.39. The molecule has 0 aliphatic heterocycles. The Balaban J connectivity index is 1.50. The Morgan fingerprint density at radius 1 is 1.00 bits per heavy atom. The van der Waals surface area contributed by atoms with Gasteiger partial charge in [0.2, 0.25) is 11.8 Å².